The van der Waals surface area contributed by atoms with E-state index in [0.717, 1.165) is 58.6 Å². The van der Waals surface area contributed by atoms with Crippen LogP contribution in [0.15, 0.2) is 95.9 Å². The quantitative estimate of drug-likeness (QED) is 0.115. The minimum atomic E-state index is 0.134. The number of allylic oxidation sites excluding steroid dienone is 3. The number of aliphatic hydroxyl groups excluding tert-OH is 1. The normalized spacial score (nSPS) is 12.2. The van der Waals surface area contributed by atoms with Crippen molar-refractivity contribution < 1.29 is 34.3 Å². The number of phenols is 2. The Morgan fingerprint density at radius 3 is 1.48 bits per heavy atom. The molecule has 0 aromatic heterocycles. The summed E-state index contributed by atoms with van der Waals surface area (Å²) in [5.74, 6) is 3.58. The molecule has 5 N–H and O–H groups in total. The summed E-state index contributed by atoms with van der Waals surface area (Å²) in [4.78, 5) is 15.5. The predicted octanol–water partition coefficient (Wildman–Crippen LogP) is 12.9. The van der Waals surface area contributed by atoms with Crippen molar-refractivity contribution in [2.75, 3.05) is 32.9 Å². The van der Waals surface area contributed by atoms with Crippen molar-refractivity contribution in [2.45, 2.75) is 115 Å². The number of aryl methyl sites for hydroxylation is 5. The number of carbonyl (C=O) groups is 1. The van der Waals surface area contributed by atoms with Crippen molar-refractivity contribution >= 4 is 17.9 Å². The number of morpholine rings is 1. The van der Waals surface area contributed by atoms with E-state index in [1.54, 1.807) is 48.5 Å². The molecular formula is C51H76N2O7S. The largest absolute Gasteiger partial charge is 0.508 e. The lowest BCUT2D eigenvalue weighted by atomic mass is 10.0. The van der Waals surface area contributed by atoms with Crippen LogP contribution in [0.5, 0.6) is 34.5 Å². The van der Waals surface area contributed by atoms with Crippen LogP contribution in [0.4, 0.5) is 0 Å². The average molecular weight is 861 g/mol. The fraction of sp³-hybridized carbons (Fsp3) is 0.431. The van der Waals surface area contributed by atoms with Gasteiger partial charge in [0.15, 0.2) is 0 Å². The number of hydrogen-bond donors (Lipinski definition) is 4. The summed E-state index contributed by atoms with van der Waals surface area (Å²) >= 11 is 1.32. The zero-order chi connectivity index (χ0) is 46.2. The van der Waals surface area contributed by atoms with Crippen LogP contribution in [0, 0.1) is 27.7 Å². The van der Waals surface area contributed by atoms with Crippen LogP contribution in [0.3, 0.4) is 0 Å². The lowest BCUT2D eigenvalue weighted by molar-refractivity contribution is -0.134. The van der Waals surface area contributed by atoms with Gasteiger partial charge >= 0.3 is 0 Å². The molecule has 0 radical (unpaired) electrons. The Bertz CT molecular complexity index is 1790. The van der Waals surface area contributed by atoms with Crippen LogP contribution < -0.4 is 14.6 Å². The Balaban J connectivity index is 0.000000889. The maximum absolute atomic E-state index is 12.4. The van der Waals surface area contributed by atoms with Gasteiger partial charge in [-0.05, 0) is 147 Å². The molecule has 4 aromatic rings. The number of aromatic hydroxyl groups is 2. The van der Waals surface area contributed by atoms with E-state index < -0.39 is 0 Å². The molecule has 338 valence electrons. The van der Waals surface area contributed by atoms with Gasteiger partial charge in [-0.2, -0.15) is 0 Å². The second-order valence-electron chi connectivity index (χ2n) is 13.0. The first kappa shape index (κ1) is 56.3. The third-order valence-corrected chi connectivity index (χ3v) is 9.17. The van der Waals surface area contributed by atoms with Gasteiger partial charge in [-0.3, -0.25) is 9.93 Å². The highest BCUT2D eigenvalue weighted by molar-refractivity contribution is 8.01. The molecule has 10 heteroatoms. The molecule has 1 saturated heterocycles. The Labute approximate surface area is 372 Å². The molecule has 0 saturated carbocycles. The molecule has 0 atom stereocenters. The van der Waals surface area contributed by atoms with E-state index in [9.17, 15) is 15.0 Å². The molecule has 0 bridgehead atoms. The van der Waals surface area contributed by atoms with E-state index >= 15 is 0 Å². The molecule has 1 heterocycles. The SMILES string of the molecule is CC.CC.CC.CC.Cc1cc(CC(=O)N2CCOCC2)cc(C)c1Oc1ccc(O)cc1.Cc1cc(CCCO)cc(C)c1Oc1ccc(O)cc1.NSC1=CCCC=C1. The third kappa shape index (κ3) is 21.6. The van der Waals surface area contributed by atoms with E-state index in [1.165, 1.54) is 28.8 Å². The molecule has 1 fully saturated rings. The van der Waals surface area contributed by atoms with Crippen molar-refractivity contribution in [1.29, 1.82) is 0 Å². The average Bonchev–Trinajstić information content (AvgIpc) is 3.30. The number of hydrogen-bond acceptors (Lipinski definition) is 9. The molecule has 61 heavy (non-hydrogen) atoms. The lowest BCUT2D eigenvalue weighted by Gasteiger charge is -2.27. The topological polar surface area (TPSA) is 135 Å². The number of ether oxygens (including phenoxy) is 3. The molecule has 2 aliphatic rings. The van der Waals surface area contributed by atoms with Gasteiger partial charge in [0.1, 0.15) is 34.5 Å². The highest BCUT2D eigenvalue weighted by atomic mass is 32.2. The molecule has 4 aromatic carbocycles. The summed E-state index contributed by atoms with van der Waals surface area (Å²) in [5.41, 5.74) is 6.32. The van der Waals surface area contributed by atoms with Gasteiger partial charge < -0.3 is 34.4 Å². The van der Waals surface area contributed by atoms with Crippen molar-refractivity contribution in [3.63, 3.8) is 0 Å². The molecule has 1 aliphatic carbocycles. The van der Waals surface area contributed by atoms with Gasteiger partial charge in [-0.25, -0.2) is 0 Å². The van der Waals surface area contributed by atoms with Crippen molar-refractivity contribution in [3.05, 3.63) is 129 Å². The number of carbonyl (C=O) groups excluding carboxylic acids is 1. The molecule has 9 nitrogen and oxygen atoms in total. The predicted molar refractivity (Wildman–Crippen MR) is 258 cm³/mol. The second kappa shape index (κ2) is 33.9. The molecule has 6 rings (SSSR count). The maximum atomic E-state index is 12.4. The van der Waals surface area contributed by atoms with Crippen molar-refractivity contribution in [1.82, 2.24) is 4.90 Å². The Hall–Kier alpha value is -4.74. The number of nitrogens with two attached hydrogens (primary N) is 1. The minimum absolute atomic E-state index is 0.134. The summed E-state index contributed by atoms with van der Waals surface area (Å²) in [7, 11) is 0. The van der Waals surface area contributed by atoms with Crippen LogP contribution in [0.1, 0.15) is 108 Å². The zero-order valence-electron chi connectivity index (χ0n) is 39.1. The minimum Gasteiger partial charge on any atom is -0.508 e. The van der Waals surface area contributed by atoms with Crippen LogP contribution in [0.2, 0.25) is 0 Å². The molecule has 1 aliphatic heterocycles. The number of nitrogens with zero attached hydrogens (tertiary/aromatic N) is 1. The van der Waals surface area contributed by atoms with Crippen LogP contribution in [-0.2, 0) is 22.4 Å². The van der Waals surface area contributed by atoms with Gasteiger partial charge in [0, 0.05) is 24.6 Å². The van der Waals surface area contributed by atoms with E-state index in [1.807, 2.05) is 100 Å². The first-order valence-corrected chi connectivity index (χ1v) is 22.8. The molecule has 1 amide bonds. The Kier molecular flexibility index (Phi) is 31.3. The first-order valence-electron chi connectivity index (χ1n) is 21.9. The smallest absolute Gasteiger partial charge is 0.227 e. The highest BCUT2D eigenvalue weighted by Crippen LogP contribution is 2.32. The number of phenolic OH excluding ortho intramolecular Hbond substituents is 2. The second-order valence-corrected chi connectivity index (χ2v) is 13.7. The third-order valence-electron chi connectivity index (χ3n) is 8.59. The number of aliphatic hydroxyl groups is 1. The summed E-state index contributed by atoms with van der Waals surface area (Å²) in [6, 6.07) is 21.5. The summed E-state index contributed by atoms with van der Waals surface area (Å²) in [6.45, 7) is 26.8. The number of amides is 1. The number of benzene rings is 4. The van der Waals surface area contributed by atoms with E-state index in [2.05, 4.69) is 30.4 Å². The van der Waals surface area contributed by atoms with Crippen LogP contribution >= 0.6 is 11.9 Å². The summed E-state index contributed by atoms with van der Waals surface area (Å²) < 4.78 is 17.1. The van der Waals surface area contributed by atoms with Gasteiger partial charge in [0.25, 0.3) is 0 Å². The Morgan fingerprint density at radius 1 is 0.689 bits per heavy atom. The summed E-state index contributed by atoms with van der Waals surface area (Å²) in [6.07, 6.45) is 10.7. The van der Waals surface area contributed by atoms with Gasteiger partial charge in [-0.15, -0.1) is 0 Å². The molecule has 0 spiro atoms. The fourth-order valence-corrected chi connectivity index (χ4v) is 6.36. The summed E-state index contributed by atoms with van der Waals surface area (Å²) in [5, 5.41) is 32.8. The van der Waals surface area contributed by atoms with Crippen LogP contribution in [-0.4, -0.2) is 59.0 Å². The first-order chi connectivity index (χ1) is 29.6. The van der Waals surface area contributed by atoms with Gasteiger partial charge in [-0.1, -0.05) is 97.9 Å². The van der Waals surface area contributed by atoms with E-state index in [-0.39, 0.29) is 24.0 Å². The maximum Gasteiger partial charge on any atom is 0.227 e. The zero-order valence-corrected chi connectivity index (χ0v) is 40.0. The monoisotopic (exact) mass is 861 g/mol. The lowest BCUT2D eigenvalue weighted by Crippen LogP contribution is -2.41. The standard InChI is InChI=1S/C20H23NO4.C17H20O3.C6H9NS.4C2H6/c1-14-11-16(13-19(23)21-7-9-24-10-8-21)12-15(2)20(14)25-18-5-3-17(22)4-6-18;1-12-10-14(4-3-9-18)11-13(2)17(12)20-16-7-5-15(19)6-8-16;7-8-6-4-2-1-3-5-6;4*1-2/h3-6,11-12,22H,7-10,13H2,1-2H3;5-8,10-11,18-19H,3-4,9H2,1-2H3;2,4-5H,1,3,7H2;4*1-2H3. The van der Waals surface area contributed by atoms with Crippen LogP contribution in [0.25, 0.3) is 0 Å². The van der Waals surface area contributed by atoms with Gasteiger partial charge in [0.05, 0.1) is 19.6 Å². The molecular weight excluding hydrogens is 785 g/mol. The number of rotatable bonds is 10. The van der Waals surface area contributed by atoms with Crippen molar-refractivity contribution in [2.24, 2.45) is 5.14 Å². The van der Waals surface area contributed by atoms with Gasteiger partial charge in [0.2, 0.25) is 5.91 Å². The molecule has 0 unspecified atom stereocenters. The van der Waals surface area contributed by atoms with E-state index in [0.29, 0.717) is 44.2 Å². The van der Waals surface area contributed by atoms with E-state index in [4.69, 9.17) is 24.5 Å². The Morgan fingerprint density at radius 2 is 1.11 bits per heavy atom. The fourth-order valence-electron chi connectivity index (χ4n) is 5.97. The highest BCUT2D eigenvalue weighted by Gasteiger charge is 2.18. The van der Waals surface area contributed by atoms with Crippen molar-refractivity contribution in [3.8, 4) is 34.5 Å².